The summed E-state index contributed by atoms with van der Waals surface area (Å²) in [6, 6.07) is 12.2. The van der Waals surface area contributed by atoms with Gasteiger partial charge in [-0.1, -0.05) is 18.2 Å². The van der Waals surface area contributed by atoms with Crippen LogP contribution in [0.5, 0.6) is 5.75 Å². The van der Waals surface area contributed by atoms with Gasteiger partial charge in [0, 0.05) is 35.1 Å². The Labute approximate surface area is 163 Å². The van der Waals surface area contributed by atoms with Gasteiger partial charge in [0.25, 0.3) is 5.91 Å². The molecular formula is C23H21FN2O2. The molecule has 1 aliphatic heterocycles. The Morgan fingerprint density at radius 1 is 1.18 bits per heavy atom. The summed E-state index contributed by atoms with van der Waals surface area (Å²) in [6.45, 7) is 4.56. The second kappa shape index (κ2) is 7.43. The maximum atomic E-state index is 15.0. The molecule has 0 saturated carbocycles. The van der Waals surface area contributed by atoms with Crippen molar-refractivity contribution in [1.29, 1.82) is 0 Å². The Balaban J connectivity index is 1.76. The molecule has 5 heteroatoms. The van der Waals surface area contributed by atoms with Crippen LogP contribution in [0.15, 0.2) is 54.9 Å². The second-order valence-electron chi connectivity index (χ2n) is 7.01. The van der Waals surface area contributed by atoms with Crippen LogP contribution < -0.4 is 10.1 Å². The number of hydrogen-bond acceptors (Lipinski definition) is 3. The Hall–Kier alpha value is -3.21. The second-order valence-corrected chi connectivity index (χ2v) is 7.01. The van der Waals surface area contributed by atoms with E-state index in [1.807, 2.05) is 26.0 Å². The number of carbonyl (C=O) groups is 1. The largest absolute Gasteiger partial charge is 0.493 e. The van der Waals surface area contributed by atoms with Gasteiger partial charge in [0.05, 0.1) is 12.2 Å². The molecule has 0 saturated heterocycles. The highest BCUT2D eigenvalue weighted by Crippen LogP contribution is 2.43. The first-order valence-corrected chi connectivity index (χ1v) is 9.29. The molecule has 4 nitrogen and oxygen atoms in total. The third kappa shape index (κ3) is 3.24. The third-order valence-electron chi connectivity index (χ3n) is 5.31. The van der Waals surface area contributed by atoms with E-state index in [1.165, 1.54) is 12.3 Å². The van der Waals surface area contributed by atoms with Crippen molar-refractivity contribution in [2.75, 3.05) is 11.9 Å². The topological polar surface area (TPSA) is 51.2 Å². The number of nitrogens with zero attached hydrogens (tertiary/aromatic N) is 1. The molecule has 0 aliphatic carbocycles. The molecule has 1 atom stereocenters. The number of aryl methyl sites for hydroxylation is 1. The highest BCUT2D eigenvalue weighted by molar-refractivity contribution is 6.04. The zero-order chi connectivity index (χ0) is 19.7. The van der Waals surface area contributed by atoms with E-state index >= 15 is 0 Å². The molecule has 4 rings (SSSR count). The van der Waals surface area contributed by atoms with Gasteiger partial charge in [0.15, 0.2) is 0 Å². The number of amides is 1. The van der Waals surface area contributed by atoms with Crippen molar-refractivity contribution in [1.82, 2.24) is 4.98 Å². The van der Waals surface area contributed by atoms with E-state index in [2.05, 4.69) is 10.3 Å². The SMILES string of the molecule is Cc1ccc2c(c1C)OCCC2c1c(F)cccc1NC(=O)c1cccnc1. The molecule has 0 bridgehead atoms. The van der Waals surface area contributed by atoms with Crippen molar-refractivity contribution < 1.29 is 13.9 Å². The van der Waals surface area contributed by atoms with Crippen LogP contribution in [-0.4, -0.2) is 17.5 Å². The molecule has 1 N–H and O–H groups in total. The molecule has 1 unspecified atom stereocenters. The summed E-state index contributed by atoms with van der Waals surface area (Å²) in [5, 5.41) is 2.86. The predicted molar refractivity (Wildman–Crippen MR) is 106 cm³/mol. The van der Waals surface area contributed by atoms with Gasteiger partial charge in [-0.3, -0.25) is 9.78 Å². The summed E-state index contributed by atoms with van der Waals surface area (Å²) >= 11 is 0. The number of carbonyl (C=O) groups excluding carboxylic acids is 1. The fraction of sp³-hybridized carbons (Fsp3) is 0.217. The number of benzene rings is 2. The predicted octanol–water partition coefficient (Wildman–Crippen LogP) is 5.00. The first-order valence-electron chi connectivity index (χ1n) is 9.29. The van der Waals surface area contributed by atoms with E-state index in [0.717, 1.165) is 22.4 Å². The fourth-order valence-corrected chi connectivity index (χ4v) is 3.70. The molecule has 2 aromatic carbocycles. The highest BCUT2D eigenvalue weighted by atomic mass is 19.1. The van der Waals surface area contributed by atoms with E-state index in [4.69, 9.17) is 4.74 Å². The van der Waals surface area contributed by atoms with Crippen molar-refractivity contribution >= 4 is 11.6 Å². The van der Waals surface area contributed by atoms with Crippen LogP contribution in [0.3, 0.4) is 0 Å². The van der Waals surface area contributed by atoms with Gasteiger partial charge in [-0.2, -0.15) is 0 Å². The molecule has 1 amide bonds. The van der Waals surface area contributed by atoms with Crippen LogP contribution in [0.4, 0.5) is 10.1 Å². The van der Waals surface area contributed by atoms with Crippen LogP contribution in [-0.2, 0) is 0 Å². The minimum Gasteiger partial charge on any atom is -0.493 e. The number of nitrogens with one attached hydrogen (secondary N) is 1. The minimum absolute atomic E-state index is 0.187. The zero-order valence-corrected chi connectivity index (χ0v) is 15.8. The summed E-state index contributed by atoms with van der Waals surface area (Å²) in [5.74, 6) is -0.00938. The smallest absolute Gasteiger partial charge is 0.257 e. The molecule has 1 aliphatic rings. The van der Waals surface area contributed by atoms with E-state index in [1.54, 1.807) is 30.5 Å². The van der Waals surface area contributed by atoms with Gasteiger partial charge in [-0.05, 0) is 55.7 Å². The van der Waals surface area contributed by atoms with Gasteiger partial charge in [-0.15, -0.1) is 0 Å². The van der Waals surface area contributed by atoms with Crippen LogP contribution in [0.2, 0.25) is 0 Å². The first kappa shape index (κ1) is 18.2. The standard InChI is InChI=1S/C23H21FN2O2/c1-14-8-9-18-17(10-12-28-22(18)15(14)2)21-19(24)6-3-7-20(21)26-23(27)16-5-4-11-25-13-16/h3-9,11,13,17H,10,12H2,1-2H3,(H,26,27). The molecule has 3 aromatic rings. The number of ether oxygens (including phenoxy) is 1. The maximum absolute atomic E-state index is 15.0. The van der Waals surface area contributed by atoms with E-state index in [9.17, 15) is 9.18 Å². The zero-order valence-electron chi connectivity index (χ0n) is 15.8. The number of fused-ring (bicyclic) bond motifs is 1. The summed E-state index contributed by atoms with van der Waals surface area (Å²) in [6.07, 6.45) is 3.74. The first-order chi connectivity index (χ1) is 13.6. The number of halogens is 1. The quantitative estimate of drug-likeness (QED) is 0.699. The molecule has 28 heavy (non-hydrogen) atoms. The number of anilines is 1. The van der Waals surface area contributed by atoms with Gasteiger partial charge in [0.1, 0.15) is 11.6 Å². The van der Waals surface area contributed by atoms with Crippen LogP contribution in [0.1, 0.15) is 45.0 Å². The number of aromatic nitrogens is 1. The van der Waals surface area contributed by atoms with Crippen molar-refractivity contribution in [2.45, 2.75) is 26.2 Å². The van der Waals surface area contributed by atoms with Gasteiger partial charge in [-0.25, -0.2) is 4.39 Å². The number of pyridine rings is 1. The lowest BCUT2D eigenvalue weighted by molar-refractivity contribution is 0.102. The highest BCUT2D eigenvalue weighted by Gasteiger charge is 2.29. The maximum Gasteiger partial charge on any atom is 0.257 e. The Morgan fingerprint density at radius 3 is 2.82 bits per heavy atom. The Morgan fingerprint density at radius 2 is 2.04 bits per heavy atom. The molecule has 2 heterocycles. The average molecular weight is 376 g/mol. The van der Waals surface area contributed by atoms with Crippen LogP contribution >= 0.6 is 0 Å². The Bertz CT molecular complexity index is 1030. The van der Waals surface area contributed by atoms with Crippen molar-refractivity contribution in [2.24, 2.45) is 0 Å². The van der Waals surface area contributed by atoms with Crippen molar-refractivity contribution in [3.63, 3.8) is 0 Å². The van der Waals surface area contributed by atoms with Gasteiger partial charge < -0.3 is 10.1 Å². The third-order valence-corrected chi connectivity index (χ3v) is 5.31. The lowest BCUT2D eigenvalue weighted by Gasteiger charge is -2.29. The van der Waals surface area contributed by atoms with Crippen LogP contribution in [0.25, 0.3) is 0 Å². The summed E-state index contributed by atoms with van der Waals surface area (Å²) in [4.78, 5) is 16.6. The number of rotatable bonds is 3. The summed E-state index contributed by atoms with van der Waals surface area (Å²) in [5.41, 5.74) is 4.56. The molecule has 0 radical (unpaired) electrons. The molecular weight excluding hydrogens is 355 g/mol. The van der Waals surface area contributed by atoms with E-state index in [-0.39, 0.29) is 17.6 Å². The van der Waals surface area contributed by atoms with Crippen molar-refractivity contribution in [3.8, 4) is 5.75 Å². The molecule has 0 spiro atoms. The fourth-order valence-electron chi connectivity index (χ4n) is 3.70. The van der Waals surface area contributed by atoms with E-state index in [0.29, 0.717) is 29.8 Å². The van der Waals surface area contributed by atoms with Gasteiger partial charge >= 0.3 is 0 Å². The summed E-state index contributed by atoms with van der Waals surface area (Å²) < 4.78 is 20.9. The number of hydrogen-bond donors (Lipinski definition) is 1. The van der Waals surface area contributed by atoms with E-state index < -0.39 is 0 Å². The normalized spacial score (nSPS) is 15.5. The van der Waals surface area contributed by atoms with Crippen LogP contribution in [0, 0.1) is 19.7 Å². The molecule has 0 fully saturated rings. The Kier molecular flexibility index (Phi) is 4.82. The van der Waals surface area contributed by atoms with Crippen molar-refractivity contribution in [3.05, 3.63) is 88.5 Å². The monoisotopic (exact) mass is 376 g/mol. The summed E-state index contributed by atoms with van der Waals surface area (Å²) in [7, 11) is 0. The average Bonchev–Trinajstić information content (AvgIpc) is 2.71. The minimum atomic E-state index is -0.333. The molecule has 1 aromatic heterocycles. The lowest BCUT2D eigenvalue weighted by atomic mass is 9.83. The lowest BCUT2D eigenvalue weighted by Crippen LogP contribution is -2.20. The molecule has 142 valence electrons. The van der Waals surface area contributed by atoms with Gasteiger partial charge in [0.2, 0.25) is 0 Å².